The molecule has 27 heavy (non-hydrogen) atoms. The quantitative estimate of drug-likeness (QED) is 0.739. The third-order valence-corrected chi connectivity index (χ3v) is 6.86. The standard InChI is InChI=1S/C22H26ClN3S/c1-26(2)19-8-4-6-17-14-22(9-11-27-12-10-22)21(25-20(17)19)24-15-16-5-3-7-18(23)13-16/h3-8,13H,9-12,14-15H2,1-2H3,(H,24,25). The van der Waals surface area contributed by atoms with Crippen molar-refractivity contribution in [2.75, 3.05) is 35.8 Å². The van der Waals surface area contributed by atoms with Crippen LogP contribution in [0, 0.1) is 5.41 Å². The number of aliphatic imine (C=N–C) groups is 1. The molecular formula is C22H26ClN3S. The smallest absolute Gasteiger partial charge is 0.108 e. The zero-order chi connectivity index (χ0) is 18.9. The summed E-state index contributed by atoms with van der Waals surface area (Å²) in [6.07, 6.45) is 3.45. The van der Waals surface area contributed by atoms with Crippen LogP contribution in [-0.4, -0.2) is 31.4 Å². The summed E-state index contributed by atoms with van der Waals surface area (Å²) in [5.41, 5.74) is 5.15. The first-order valence-corrected chi connectivity index (χ1v) is 11.0. The number of rotatable bonds is 3. The van der Waals surface area contributed by atoms with Crippen molar-refractivity contribution < 1.29 is 0 Å². The zero-order valence-corrected chi connectivity index (χ0v) is 17.5. The summed E-state index contributed by atoms with van der Waals surface area (Å²) in [5.74, 6) is 3.57. The van der Waals surface area contributed by atoms with Crippen LogP contribution in [0.5, 0.6) is 0 Å². The van der Waals surface area contributed by atoms with Gasteiger partial charge in [-0.25, -0.2) is 0 Å². The molecule has 3 nitrogen and oxygen atoms in total. The maximum atomic E-state index is 6.16. The van der Waals surface area contributed by atoms with E-state index in [1.807, 2.05) is 18.2 Å². The average molecular weight is 400 g/mol. The molecule has 0 radical (unpaired) electrons. The maximum absolute atomic E-state index is 6.16. The molecule has 5 heteroatoms. The highest BCUT2D eigenvalue weighted by Crippen LogP contribution is 2.46. The molecule has 2 aliphatic rings. The van der Waals surface area contributed by atoms with Crippen molar-refractivity contribution in [1.82, 2.24) is 0 Å². The van der Waals surface area contributed by atoms with Gasteiger partial charge in [-0.3, -0.25) is 4.99 Å². The van der Waals surface area contributed by atoms with Crippen molar-refractivity contribution >= 4 is 40.6 Å². The van der Waals surface area contributed by atoms with Gasteiger partial charge in [-0.05, 0) is 60.1 Å². The molecule has 0 bridgehead atoms. The van der Waals surface area contributed by atoms with Crippen molar-refractivity contribution in [3.05, 3.63) is 58.6 Å². The van der Waals surface area contributed by atoms with E-state index in [2.05, 4.69) is 60.3 Å². The molecule has 1 fully saturated rings. The van der Waals surface area contributed by atoms with Gasteiger partial charge in [0.2, 0.25) is 0 Å². The van der Waals surface area contributed by atoms with Gasteiger partial charge in [-0.1, -0.05) is 35.9 Å². The predicted molar refractivity (Wildman–Crippen MR) is 120 cm³/mol. The summed E-state index contributed by atoms with van der Waals surface area (Å²) in [4.78, 5) is 7.27. The van der Waals surface area contributed by atoms with Gasteiger partial charge in [-0.2, -0.15) is 11.8 Å². The Morgan fingerprint density at radius 3 is 2.67 bits per heavy atom. The van der Waals surface area contributed by atoms with Gasteiger partial charge < -0.3 is 10.2 Å². The number of para-hydroxylation sites is 1. The molecule has 1 spiro atoms. The van der Waals surface area contributed by atoms with Crippen molar-refractivity contribution in [3.8, 4) is 0 Å². The molecule has 2 aliphatic heterocycles. The highest BCUT2D eigenvalue weighted by atomic mass is 35.5. The average Bonchev–Trinajstić information content (AvgIpc) is 2.66. The number of anilines is 2. The third-order valence-electron chi connectivity index (χ3n) is 5.64. The summed E-state index contributed by atoms with van der Waals surface area (Å²) >= 11 is 8.22. The molecule has 4 rings (SSSR count). The lowest BCUT2D eigenvalue weighted by Crippen LogP contribution is -2.45. The lowest BCUT2D eigenvalue weighted by Gasteiger charge is -2.43. The topological polar surface area (TPSA) is 27.6 Å². The van der Waals surface area contributed by atoms with Crippen LogP contribution in [0.25, 0.3) is 0 Å². The fourth-order valence-electron chi connectivity index (χ4n) is 4.14. The van der Waals surface area contributed by atoms with Crippen LogP contribution in [0.1, 0.15) is 24.0 Å². The Hall–Kier alpha value is -1.65. The number of hydrogen-bond donors (Lipinski definition) is 1. The number of halogens is 1. The molecule has 0 atom stereocenters. The Bertz CT molecular complexity index is 856. The summed E-state index contributed by atoms with van der Waals surface area (Å²) in [6.45, 7) is 0.664. The van der Waals surface area contributed by atoms with E-state index in [-0.39, 0.29) is 5.41 Å². The number of hydrogen-bond acceptors (Lipinski definition) is 3. The second-order valence-electron chi connectivity index (χ2n) is 7.69. The number of benzene rings is 2. The second kappa shape index (κ2) is 7.76. The Balaban J connectivity index is 1.72. The van der Waals surface area contributed by atoms with Crippen molar-refractivity contribution in [2.45, 2.75) is 25.8 Å². The Morgan fingerprint density at radius 2 is 1.93 bits per heavy atom. The molecule has 0 aliphatic carbocycles. The minimum atomic E-state index is 0.141. The lowest BCUT2D eigenvalue weighted by molar-refractivity contribution is 0.377. The van der Waals surface area contributed by atoms with Gasteiger partial charge in [0.15, 0.2) is 0 Å². The van der Waals surface area contributed by atoms with E-state index in [1.54, 1.807) is 0 Å². The fourth-order valence-corrected chi connectivity index (χ4v) is 5.63. The summed E-state index contributed by atoms with van der Waals surface area (Å²) in [7, 11) is 4.20. The molecule has 2 heterocycles. The minimum absolute atomic E-state index is 0.141. The Kier molecular flexibility index (Phi) is 5.38. The van der Waals surface area contributed by atoms with Crippen LogP contribution in [0.3, 0.4) is 0 Å². The van der Waals surface area contributed by atoms with Crippen LogP contribution in [-0.2, 0) is 13.0 Å². The fraction of sp³-hybridized carbons (Fsp3) is 0.409. The number of nitrogens with one attached hydrogen (secondary N) is 1. The van der Waals surface area contributed by atoms with E-state index >= 15 is 0 Å². The van der Waals surface area contributed by atoms with E-state index in [4.69, 9.17) is 16.6 Å². The van der Waals surface area contributed by atoms with Gasteiger partial charge >= 0.3 is 0 Å². The molecule has 2 aromatic rings. The number of fused-ring (bicyclic) bond motifs is 1. The van der Waals surface area contributed by atoms with Crippen molar-refractivity contribution in [3.63, 3.8) is 0 Å². The van der Waals surface area contributed by atoms with E-state index in [1.165, 1.54) is 41.3 Å². The van der Waals surface area contributed by atoms with Crippen LogP contribution in [0.4, 0.5) is 11.4 Å². The molecule has 0 amide bonds. The predicted octanol–water partition coefficient (Wildman–Crippen LogP) is 5.49. The first kappa shape index (κ1) is 18.7. The van der Waals surface area contributed by atoms with Gasteiger partial charge in [-0.15, -0.1) is 0 Å². The summed E-state index contributed by atoms with van der Waals surface area (Å²) in [5, 5.41) is 4.53. The molecule has 142 valence electrons. The SMILES string of the molecule is CN(C)c1cccc2c1NC(=NCc1cccc(Cl)c1)C1(CCSCC1)C2. The highest BCUT2D eigenvalue weighted by Gasteiger charge is 2.41. The number of thioether (sulfide) groups is 1. The highest BCUT2D eigenvalue weighted by molar-refractivity contribution is 7.99. The Morgan fingerprint density at radius 1 is 1.15 bits per heavy atom. The second-order valence-corrected chi connectivity index (χ2v) is 9.36. The van der Waals surface area contributed by atoms with Crippen LogP contribution in [0.2, 0.25) is 5.02 Å². The van der Waals surface area contributed by atoms with Gasteiger partial charge in [0.25, 0.3) is 0 Å². The van der Waals surface area contributed by atoms with Crippen molar-refractivity contribution in [1.29, 1.82) is 0 Å². The first-order valence-electron chi connectivity index (χ1n) is 9.51. The van der Waals surface area contributed by atoms with E-state index < -0.39 is 0 Å². The molecule has 0 unspecified atom stereocenters. The largest absolute Gasteiger partial charge is 0.376 e. The number of amidine groups is 1. The molecule has 0 saturated carbocycles. The summed E-state index contributed by atoms with van der Waals surface area (Å²) < 4.78 is 0. The van der Waals surface area contributed by atoms with Crippen LogP contribution < -0.4 is 10.2 Å². The maximum Gasteiger partial charge on any atom is 0.108 e. The van der Waals surface area contributed by atoms with Gasteiger partial charge in [0.1, 0.15) is 5.84 Å². The van der Waals surface area contributed by atoms with Gasteiger partial charge in [0, 0.05) is 24.5 Å². The van der Waals surface area contributed by atoms with Gasteiger partial charge in [0.05, 0.1) is 17.9 Å². The number of nitrogens with zero attached hydrogens (tertiary/aromatic N) is 2. The molecular weight excluding hydrogens is 374 g/mol. The van der Waals surface area contributed by atoms with E-state index in [0.717, 1.165) is 22.8 Å². The normalized spacial score (nSPS) is 19.6. The van der Waals surface area contributed by atoms with E-state index in [0.29, 0.717) is 6.54 Å². The van der Waals surface area contributed by atoms with Crippen LogP contribution in [0.15, 0.2) is 47.5 Å². The van der Waals surface area contributed by atoms with Crippen LogP contribution >= 0.6 is 23.4 Å². The zero-order valence-electron chi connectivity index (χ0n) is 16.0. The summed E-state index contributed by atoms with van der Waals surface area (Å²) in [6, 6.07) is 14.6. The minimum Gasteiger partial charge on any atom is -0.376 e. The molecule has 1 saturated heterocycles. The van der Waals surface area contributed by atoms with E-state index in [9.17, 15) is 0 Å². The monoisotopic (exact) mass is 399 g/mol. The molecule has 1 N–H and O–H groups in total. The first-order chi connectivity index (χ1) is 13.1. The molecule has 2 aromatic carbocycles. The molecule has 0 aromatic heterocycles. The third kappa shape index (κ3) is 3.83. The lowest BCUT2D eigenvalue weighted by atomic mass is 9.72. The Labute approximate surface area is 171 Å². The van der Waals surface area contributed by atoms with Crippen molar-refractivity contribution in [2.24, 2.45) is 10.4 Å².